The van der Waals surface area contributed by atoms with Gasteiger partial charge in [0.25, 0.3) is 0 Å². The van der Waals surface area contributed by atoms with E-state index in [9.17, 15) is 5.11 Å². The Bertz CT molecular complexity index is 760. The summed E-state index contributed by atoms with van der Waals surface area (Å²) in [5, 5.41) is 19.4. The first-order valence-corrected chi connectivity index (χ1v) is 11.7. The van der Waals surface area contributed by atoms with Crippen molar-refractivity contribution in [2.24, 2.45) is 0 Å². The van der Waals surface area contributed by atoms with Crippen molar-refractivity contribution in [3.05, 3.63) is 18.2 Å². The lowest BCUT2D eigenvalue weighted by Gasteiger charge is -2.19. The number of phenols is 1. The number of nitrogens with one attached hydrogen (secondary N) is 1. The van der Waals surface area contributed by atoms with E-state index in [1.165, 1.54) is 64.7 Å². The zero-order chi connectivity index (χ0) is 19.9. The summed E-state index contributed by atoms with van der Waals surface area (Å²) < 4.78 is 2.11. The molecule has 0 bridgehead atoms. The number of phenolic OH excluding ortho intramolecular Hbond substituents is 1. The van der Waals surface area contributed by atoms with Gasteiger partial charge in [-0.3, -0.25) is 4.68 Å². The maximum Gasteiger partial charge on any atom is 0.156 e. The smallest absolute Gasteiger partial charge is 0.156 e. The first-order valence-electron chi connectivity index (χ1n) is 11.7. The maximum atomic E-state index is 9.97. The summed E-state index contributed by atoms with van der Waals surface area (Å²) in [5.74, 6) is 1.22. The second-order valence-electron chi connectivity index (χ2n) is 8.71. The summed E-state index contributed by atoms with van der Waals surface area (Å²) in [6, 6.07) is 5.61. The van der Waals surface area contributed by atoms with E-state index >= 15 is 0 Å². The third-order valence-corrected chi connectivity index (χ3v) is 6.42. The SMILES string of the molecule is Oc1ccc2c(c1)c(NCCCN1CCCCCC1)nn2CCCN1CCCC1. The highest BCUT2D eigenvalue weighted by Crippen LogP contribution is 2.27. The number of hydrogen-bond acceptors (Lipinski definition) is 5. The molecule has 0 atom stereocenters. The van der Waals surface area contributed by atoms with Gasteiger partial charge in [0.2, 0.25) is 0 Å². The maximum absolute atomic E-state index is 9.97. The van der Waals surface area contributed by atoms with Crippen molar-refractivity contribution in [1.82, 2.24) is 19.6 Å². The van der Waals surface area contributed by atoms with Gasteiger partial charge >= 0.3 is 0 Å². The first-order chi connectivity index (χ1) is 14.3. The van der Waals surface area contributed by atoms with Crippen molar-refractivity contribution in [3.8, 4) is 5.75 Å². The number of aromatic hydroxyl groups is 1. The van der Waals surface area contributed by atoms with Crippen LogP contribution in [0.1, 0.15) is 51.4 Å². The first kappa shape index (κ1) is 20.5. The number of fused-ring (bicyclic) bond motifs is 1. The minimum Gasteiger partial charge on any atom is -0.508 e. The lowest BCUT2D eigenvalue weighted by Crippen LogP contribution is -2.27. The molecule has 0 radical (unpaired) electrons. The van der Waals surface area contributed by atoms with E-state index in [1.54, 1.807) is 6.07 Å². The molecule has 0 spiro atoms. The zero-order valence-electron chi connectivity index (χ0n) is 17.8. The van der Waals surface area contributed by atoms with Crippen molar-refractivity contribution < 1.29 is 5.11 Å². The van der Waals surface area contributed by atoms with Crippen molar-refractivity contribution in [2.75, 3.05) is 51.1 Å². The Morgan fingerprint density at radius 3 is 2.21 bits per heavy atom. The number of nitrogens with zero attached hydrogens (tertiary/aromatic N) is 4. The number of likely N-dealkylation sites (tertiary alicyclic amines) is 2. The molecule has 0 amide bonds. The number of rotatable bonds is 9. The van der Waals surface area contributed by atoms with Gasteiger partial charge in [0, 0.05) is 18.5 Å². The van der Waals surface area contributed by atoms with E-state index in [1.807, 2.05) is 12.1 Å². The van der Waals surface area contributed by atoms with Gasteiger partial charge in [-0.05, 0) is 96.0 Å². The third-order valence-electron chi connectivity index (χ3n) is 6.42. The molecule has 4 rings (SSSR count). The fourth-order valence-corrected chi connectivity index (χ4v) is 4.79. The summed E-state index contributed by atoms with van der Waals surface area (Å²) >= 11 is 0. The van der Waals surface area contributed by atoms with E-state index in [0.717, 1.165) is 55.7 Å². The Kier molecular flexibility index (Phi) is 7.28. The molecular weight excluding hydrogens is 362 g/mol. The van der Waals surface area contributed by atoms with Crippen LogP contribution in [0.4, 0.5) is 5.82 Å². The fraction of sp³-hybridized carbons (Fsp3) is 0.696. The largest absolute Gasteiger partial charge is 0.508 e. The molecule has 2 N–H and O–H groups in total. The lowest BCUT2D eigenvalue weighted by molar-refractivity contribution is 0.284. The van der Waals surface area contributed by atoms with E-state index in [4.69, 9.17) is 5.10 Å². The van der Waals surface area contributed by atoms with Crippen LogP contribution < -0.4 is 5.32 Å². The highest BCUT2D eigenvalue weighted by atomic mass is 16.3. The van der Waals surface area contributed by atoms with E-state index in [2.05, 4.69) is 19.8 Å². The molecular formula is C23H37N5O. The second kappa shape index (κ2) is 10.3. The molecule has 3 heterocycles. The molecule has 6 heteroatoms. The number of aryl methyl sites for hydroxylation is 1. The summed E-state index contributed by atoms with van der Waals surface area (Å²) in [4.78, 5) is 5.16. The normalized spacial score (nSPS) is 19.0. The number of anilines is 1. The summed E-state index contributed by atoms with van der Waals surface area (Å²) in [6.45, 7) is 9.16. The molecule has 2 aromatic rings. The number of hydrogen-bond donors (Lipinski definition) is 2. The van der Waals surface area contributed by atoms with Crippen molar-refractivity contribution in [2.45, 2.75) is 57.9 Å². The predicted molar refractivity (Wildman–Crippen MR) is 120 cm³/mol. The highest BCUT2D eigenvalue weighted by Gasteiger charge is 2.14. The van der Waals surface area contributed by atoms with Crippen molar-refractivity contribution >= 4 is 16.7 Å². The molecule has 160 valence electrons. The van der Waals surface area contributed by atoms with Crippen LogP contribution in [0.25, 0.3) is 10.9 Å². The molecule has 2 aliphatic heterocycles. The van der Waals surface area contributed by atoms with Crippen LogP contribution in [0.5, 0.6) is 5.75 Å². The van der Waals surface area contributed by atoms with Crippen molar-refractivity contribution in [1.29, 1.82) is 0 Å². The van der Waals surface area contributed by atoms with Crippen molar-refractivity contribution in [3.63, 3.8) is 0 Å². The quantitative estimate of drug-likeness (QED) is 0.626. The summed E-state index contributed by atoms with van der Waals surface area (Å²) in [6.07, 6.45) is 10.4. The van der Waals surface area contributed by atoms with Gasteiger partial charge in [-0.2, -0.15) is 5.10 Å². The van der Waals surface area contributed by atoms with Crippen LogP contribution in [-0.4, -0.2) is 70.5 Å². The molecule has 29 heavy (non-hydrogen) atoms. The van der Waals surface area contributed by atoms with Crippen LogP contribution in [0.3, 0.4) is 0 Å². The average molecular weight is 400 g/mol. The molecule has 0 unspecified atom stereocenters. The Morgan fingerprint density at radius 1 is 0.828 bits per heavy atom. The van der Waals surface area contributed by atoms with Gasteiger partial charge in [0.1, 0.15) is 5.75 Å². The van der Waals surface area contributed by atoms with Crippen LogP contribution in [0.15, 0.2) is 18.2 Å². The minimum absolute atomic E-state index is 0.307. The molecule has 6 nitrogen and oxygen atoms in total. The second-order valence-corrected chi connectivity index (χ2v) is 8.71. The van der Waals surface area contributed by atoms with Gasteiger partial charge in [0.05, 0.1) is 5.52 Å². The molecule has 2 saturated heterocycles. The zero-order valence-corrected chi connectivity index (χ0v) is 17.8. The van der Waals surface area contributed by atoms with E-state index in [-0.39, 0.29) is 0 Å². The standard InChI is InChI=1S/C23H37N5O/c29-20-9-10-22-21(19-20)23(24-11-7-16-26-12-3-1-2-4-13-26)25-28(22)18-8-17-27-14-5-6-15-27/h9-10,19,29H,1-8,11-18H2,(H,24,25). The molecule has 1 aromatic heterocycles. The third kappa shape index (κ3) is 5.64. The van der Waals surface area contributed by atoms with E-state index < -0.39 is 0 Å². The predicted octanol–water partition coefficient (Wildman–Crippen LogP) is 3.91. The van der Waals surface area contributed by atoms with Crippen LogP contribution >= 0.6 is 0 Å². The highest BCUT2D eigenvalue weighted by molar-refractivity contribution is 5.91. The monoisotopic (exact) mass is 399 g/mol. The number of aromatic nitrogens is 2. The minimum atomic E-state index is 0.307. The van der Waals surface area contributed by atoms with Gasteiger partial charge in [0.15, 0.2) is 5.82 Å². The van der Waals surface area contributed by atoms with Gasteiger partial charge in [-0.15, -0.1) is 0 Å². The van der Waals surface area contributed by atoms with Gasteiger partial charge < -0.3 is 20.2 Å². The molecule has 2 fully saturated rings. The molecule has 2 aliphatic rings. The number of benzene rings is 1. The van der Waals surface area contributed by atoms with Crippen LogP contribution in [0, 0.1) is 0 Å². The lowest BCUT2D eigenvalue weighted by atomic mass is 10.2. The molecule has 0 saturated carbocycles. The van der Waals surface area contributed by atoms with Gasteiger partial charge in [-0.25, -0.2) is 0 Å². The Balaban J connectivity index is 1.32. The molecule has 1 aromatic carbocycles. The Morgan fingerprint density at radius 2 is 1.48 bits per heavy atom. The topological polar surface area (TPSA) is 56.6 Å². The fourth-order valence-electron chi connectivity index (χ4n) is 4.79. The van der Waals surface area contributed by atoms with Crippen LogP contribution in [-0.2, 0) is 6.54 Å². The molecule has 0 aliphatic carbocycles. The van der Waals surface area contributed by atoms with E-state index in [0.29, 0.717) is 5.75 Å². The summed E-state index contributed by atoms with van der Waals surface area (Å²) in [7, 11) is 0. The summed E-state index contributed by atoms with van der Waals surface area (Å²) in [5.41, 5.74) is 1.11. The van der Waals surface area contributed by atoms with Crippen LogP contribution in [0.2, 0.25) is 0 Å². The average Bonchev–Trinajstić information content (AvgIpc) is 3.26. The Hall–Kier alpha value is -1.79. The Labute approximate surface area is 174 Å². The van der Waals surface area contributed by atoms with Gasteiger partial charge in [-0.1, -0.05) is 12.8 Å².